The smallest absolute Gasteiger partial charge is 0.254 e. The van der Waals surface area contributed by atoms with Crippen LogP contribution in [0.25, 0.3) is 5.57 Å². The fourth-order valence-corrected chi connectivity index (χ4v) is 2.41. The molecular weight excluding hydrogens is 250 g/mol. The number of nitrogens with one attached hydrogen (secondary N) is 1. The van der Waals surface area contributed by atoms with Crippen molar-refractivity contribution in [3.63, 3.8) is 0 Å². The maximum atomic E-state index is 12.0. The Hall–Kier alpha value is -2.68. The van der Waals surface area contributed by atoms with Crippen molar-refractivity contribution in [1.82, 2.24) is 5.32 Å². The van der Waals surface area contributed by atoms with Crippen molar-refractivity contribution in [2.75, 3.05) is 0 Å². The number of rotatable bonds is 2. The lowest BCUT2D eigenvalue weighted by Gasteiger charge is -2.10. The number of hydrogen-bond acceptors (Lipinski definition) is 2. The fourth-order valence-electron chi connectivity index (χ4n) is 2.41. The number of amides is 2. The molecule has 3 nitrogen and oxygen atoms in total. The molecule has 2 aromatic carbocycles. The fraction of sp³-hybridized carbons (Fsp3) is 0.0588. The van der Waals surface area contributed by atoms with Gasteiger partial charge in [0.25, 0.3) is 5.91 Å². The van der Waals surface area contributed by atoms with Crippen molar-refractivity contribution in [1.29, 1.82) is 0 Å². The first-order chi connectivity index (χ1) is 9.75. The molecule has 98 valence electrons. The lowest BCUT2D eigenvalue weighted by Crippen LogP contribution is -2.19. The molecule has 1 aliphatic rings. The Morgan fingerprint density at radius 1 is 0.800 bits per heavy atom. The summed E-state index contributed by atoms with van der Waals surface area (Å²) in [4.78, 5) is 23.4. The Balaban J connectivity index is 2.22. The van der Waals surface area contributed by atoms with Crippen LogP contribution in [0, 0.1) is 0 Å². The van der Waals surface area contributed by atoms with Gasteiger partial charge in [0.1, 0.15) is 0 Å². The minimum Gasteiger partial charge on any atom is -0.292 e. The number of imide groups is 1. The highest BCUT2D eigenvalue weighted by atomic mass is 16.2. The quantitative estimate of drug-likeness (QED) is 0.668. The van der Waals surface area contributed by atoms with E-state index in [1.54, 1.807) is 0 Å². The molecule has 2 aromatic rings. The number of benzene rings is 2. The molecule has 1 aliphatic heterocycles. The van der Waals surface area contributed by atoms with E-state index in [9.17, 15) is 9.59 Å². The van der Waals surface area contributed by atoms with Crippen LogP contribution in [0.4, 0.5) is 0 Å². The van der Waals surface area contributed by atoms with Gasteiger partial charge in [0, 0.05) is 5.57 Å². The zero-order valence-corrected chi connectivity index (χ0v) is 10.8. The first-order valence-corrected chi connectivity index (χ1v) is 6.44. The van der Waals surface area contributed by atoms with E-state index < -0.39 is 0 Å². The average molecular weight is 263 g/mol. The Morgan fingerprint density at radius 2 is 1.30 bits per heavy atom. The van der Waals surface area contributed by atoms with Gasteiger partial charge in [-0.25, -0.2) is 0 Å². The van der Waals surface area contributed by atoms with Crippen molar-refractivity contribution in [2.45, 2.75) is 6.42 Å². The van der Waals surface area contributed by atoms with Crippen LogP contribution in [-0.4, -0.2) is 11.8 Å². The summed E-state index contributed by atoms with van der Waals surface area (Å²) in [6.45, 7) is 0. The molecule has 3 heteroatoms. The van der Waals surface area contributed by atoms with E-state index in [-0.39, 0.29) is 18.2 Å². The van der Waals surface area contributed by atoms with E-state index in [2.05, 4.69) is 5.32 Å². The van der Waals surface area contributed by atoms with E-state index in [4.69, 9.17) is 0 Å². The van der Waals surface area contributed by atoms with E-state index in [0.29, 0.717) is 5.57 Å². The Kier molecular flexibility index (Phi) is 3.17. The highest BCUT2D eigenvalue weighted by Gasteiger charge is 2.28. The molecule has 1 heterocycles. The highest BCUT2D eigenvalue weighted by molar-refractivity contribution is 6.18. The van der Waals surface area contributed by atoms with Crippen molar-refractivity contribution in [3.8, 4) is 0 Å². The summed E-state index contributed by atoms with van der Waals surface area (Å²) in [6, 6.07) is 19.4. The summed E-state index contributed by atoms with van der Waals surface area (Å²) >= 11 is 0. The molecule has 1 saturated heterocycles. The summed E-state index contributed by atoms with van der Waals surface area (Å²) in [5, 5.41) is 2.35. The normalized spacial score (nSPS) is 14.3. The molecule has 1 fully saturated rings. The summed E-state index contributed by atoms with van der Waals surface area (Å²) in [7, 11) is 0. The second-order valence-electron chi connectivity index (χ2n) is 4.64. The van der Waals surface area contributed by atoms with Crippen molar-refractivity contribution in [2.24, 2.45) is 0 Å². The van der Waals surface area contributed by atoms with E-state index >= 15 is 0 Å². The second kappa shape index (κ2) is 5.13. The molecule has 0 unspecified atom stereocenters. The third-order valence-corrected chi connectivity index (χ3v) is 3.29. The van der Waals surface area contributed by atoms with E-state index in [1.807, 2.05) is 60.7 Å². The first kappa shape index (κ1) is 12.4. The molecule has 0 aliphatic carbocycles. The van der Waals surface area contributed by atoms with Crippen LogP contribution >= 0.6 is 0 Å². The summed E-state index contributed by atoms with van der Waals surface area (Å²) in [5.41, 5.74) is 3.25. The van der Waals surface area contributed by atoms with Crippen LogP contribution < -0.4 is 5.32 Å². The summed E-state index contributed by atoms with van der Waals surface area (Å²) in [6.07, 6.45) is 0.137. The third-order valence-electron chi connectivity index (χ3n) is 3.29. The van der Waals surface area contributed by atoms with Gasteiger partial charge in [0.15, 0.2) is 0 Å². The maximum absolute atomic E-state index is 12.0. The predicted molar refractivity (Wildman–Crippen MR) is 76.7 cm³/mol. The van der Waals surface area contributed by atoms with Gasteiger partial charge in [0.2, 0.25) is 5.91 Å². The highest BCUT2D eigenvalue weighted by Crippen LogP contribution is 2.30. The molecule has 20 heavy (non-hydrogen) atoms. The van der Waals surface area contributed by atoms with E-state index in [1.165, 1.54) is 0 Å². The first-order valence-electron chi connectivity index (χ1n) is 6.44. The van der Waals surface area contributed by atoms with Crippen LogP contribution in [0.3, 0.4) is 0 Å². The molecule has 0 atom stereocenters. The van der Waals surface area contributed by atoms with Crippen LogP contribution in [0.15, 0.2) is 66.2 Å². The van der Waals surface area contributed by atoms with Gasteiger partial charge >= 0.3 is 0 Å². The minimum atomic E-state index is -0.294. The number of carbonyl (C=O) groups excluding carboxylic acids is 2. The van der Waals surface area contributed by atoms with Crippen molar-refractivity contribution >= 4 is 17.4 Å². The van der Waals surface area contributed by atoms with E-state index in [0.717, 1.165) is 16.7 Å². The molecule has 0 spiro atoms. The standard InChI is InChI=1S/C17H13NO2/c19-15-11-14(17(20)18-15)16(12-7-3-1-4-8-12)13-9-5-2-6-10-13/h1-10H,11H2,(H,18,19,20). The minimum absolute atomic E-state index is 0.137. The predicted octanol–water partition coefficient (Wildman–Crippen LogP) is 2.53. The largest absolute Gasteiger partial charge is 0.292 e. The Bertz CT molecular complexity index is 646. The number of carbonyl (C=O) groups is 2. The molecule has 0 aromatic heterocycles. The van der Waals surface area contributed by atoms with Crippen LogP contribution in [-0.2, 0) is 9.59 Å². The monoisotopic (exact) mass is 263 g/mol. The van der Waals surface area contributed by atoms with Crippen LogP contribution in [0.2, 0.25) is 0 Å². The summed E-state index contributed by atoms with van der Waals surface area (Å²) in [5.74, 6) is -0.535. The molecule has 3 rings (SSSR count). The molecule has 2 amide bonds. The van der Waals surface area contributed by atoms with Gasteiger partial charge in [-0.3, -0.25) is 14.9 Å². The van der Waals surface area contributed by atoms with Gasteiger partial charge in [-0.2, -0.15) is 0 Å². The lowest BCUT2D eigenvalue weighted by molar-refractivity contribution is -0.124. The molecule has 1 N–H and O–H groups in total. The van der Waals surface area contributed by atoms with Gasteiger partial charge in [0.05, 0.1) is 6.42 Å². The van der Waals surface area contributed by atoms with Crippen molar-refractivity contribution < 1.29 is 9.59 Å². The Labute approximate surface area is 116 Å². The molecular formula is C17H13NO2. The van der Waals surface area contributed by atoms with Gasteiger partial charge in [-0.15, -0.1) is 0 Å². The molecule has 0 saturated carbocycles. The topological polar surface area (TPSA) is 46.2 Å². The second-order valence-corrected chi connectivity index (χ2v) is 4.64. The molecule has 0 bridgehead atoms. The average Bonchev–Trinajstić information content (AvgIpc) is 2.80. The van der Waals surface area contributed by atoms with Crippen molar-refractivity contribution in [3.05, 3.63) is 77.4 Å². The van der Waals surface area contributed by atoms with Crippen LogP contribution in [0.5, 0.6) is 0 Å². The molecule has 0 radical (unpaired) electrons. The van der Waals surface area contributed by atoms with Gasteiger partial charge < -0.3 is 0 Å². The zero-order chi connectivity index (χ0) is 13.9. The third kappa shape index (κ3) is 2.26. The van der Waals surface area contributed by atoms with Crippen LogP contribution in [0.1, 0.15) is 17.5 Å². The lowest BCUT2D eigenvalue weighted by atomic mass is 9.92. The number of hydrogen-bond donors (Lipinski definition) is 1. The van der Waals surface area contributed by atoms with Gasteiger partial charge in [-0.05, 0) is 16.7 Å². The Morgan fingerprint density at radius 3 is 1.70 bits per heavy atom. The SMILES string of the molecule is O=C1CC(=C(c2ccccc2)c2ccccc2)C(=O)N1. The zero-order valence-electron chi connectivity index (χ0n) is 10.8. The maximum Gasteiger partial charge on any atom is 0.254 e. The summed E-state index contributed by atoms with van der Waals surface area (Å²) < 4.78 is 0. The van der Waals surface area contributed by atoms with Gasteiger partial charge in [-0.1, -0.05) is 60.7 Å².